The summed E-state index contributed by atoms with van der Waals surface area (Å²) in [5.74, 6) is 1.40. The van der Waals surface area contributed by atoms with Gasteiger partial charge in [0, 0.05) is 11.3 Å². The molecule has 0 aliphatic rings. The van der Waals surface area contributed by atoms with Gasteiger partial charge in [-0.3, -0.25) is 0 Å². The third-order valence-electron chi connectivity index (χ3n) is 2.52. The molecule has 3 heterocycles. The number of anilines is 1. The highest BCUT2D eigenvalue weighted by Crippen LogP contribution is 2.30. The Morgan fingerprint density at radius 2 is 2.18 bits per heavy atom. The SMILES string of the molecule is CC(C)(C)Nc1nnc(SCc2coc(-c3cccs3)n2)s1. The van der Waals surface area contributed by atoms with E-state index in [1.165, 1.54) is 0 Å². The lowest BCUT2D eigenvalue weighted by Crippen LogP contribution is -2.25. The predicted octanol–water partition coefficient (Wildman–Crippen LogP) is 4.76. The van der Waals surface area contributed by atoms with Gasteiger partial charge in [-0.1, -0.05) is 29.2 Å². The van der Waals surface area contributed by atoms with Gasteiger partial charge in [0.2, 0.25) is 11.0 Å². The van der Waals surface area contributed by atoms with Gasteiger partial charge in [0.05, 0.1) is 10.6 Å². The van der Waals surface area contributed by atoms with Gasteiger partial charge in [0.1, 0.15) is 6.26 Å². The van der Waals surface area contributed by atoms with Gasteiger partial charge < -0.3 is 9.73 Å². The second-order valence-corrected chi connectivity index (χ2v) is 8.81. The lowest BCUT2D eigenvalue weighted by Gasteiger charge is -2.18. The van der Waals surface area contributed by atoms with Gasteiger partial charge in [0.25, 0.3) is 0 Å². The van der Waals surface area contributed by atoms with Gasteiger partial charge in [-0.2, -0.15) is 0 Å². The molecule has 0 aliphatic heterocycles. The van der Waals surface area contributed by atoms with E-state index in [0.717, 1.165) is 25.8 Å². The van der Waals surface area contributed by atoms with E-state index in [-0.39, 0.29) is 5.54 Å². The number of thiophene rings is 1. The van der Waals surface area contributed by atoms with Crippen molar-refractivity contribution >= 4 is 39.6 Å². The smallest absolute Gasteiger partial charge is 0.236 e. The van der Waals surface area contributed by atoms with Crippen LogP contribution in [0.1, 0.15) is 26.5 Å². The van der Waals surface area contributed by atoms with Crippen molar-refractivity contribution in [1.82, 2.24) is 15.2 Å². The molecular formula is C14H16N4OS3. The first-order valence-electron chi connectivity index (χ1n) is 6.72. The summed E-state index contributed by atoms with van der Waals surface area (Å²) in [5.41, 5.74) is 0.900. The Morgan fingerprint density at radius 3 is 2.91 bits per heavy atom. The summed E-state index contributed by atoms with van der Waals surface area (Å²) in [6.45, 7) is 6.30. The number of nitrogens with one attached hydrogen (secondary N) is 1. The summed E-state index contributed by atoms with van der Waals surface area (Å²) in [6, 6.07) is 3.99. The van der Waals surface area contributed by atoms with Gasteiger partial charge in [0.15, 0.2) is 4.34 Å². The molecule has 3 aromatic heterocycles. The van der Waals surface area contributed by atoms with Crippen molar-refractivity contribution in [2.24, 2.45) is 0 Å². The molecule has 0 fully saturated rings. The van der Waals surface area contributed by atoms with E-state index < -0.39 is 0 Å². The lowest BCUT2D eigenvalue weighted by molar-refractivity contribution is 0.575. The summed E-state index contributed by atoms with van der Waals surface area (Å²) in [7, 11) is 0. The molecule has 22 heavy (non-hydrogen) atoms. The molecule has 0 bridgehead atoms. The summed E-state index contributed by atoms with van der Waals surface area (Å²) in [4.78, 5) is 5.54. The first-order valence-corrected chi connectivity index (χ1v) is 9.40. The zero-order chi connectivity index (χ0) is 15.6. The summed E-state index contributed by atoms with van der Waals surface area (Å²) in [5, 5.41) is 14.5. The molecular weight excluding hydrogens is 336 g/mol. The molecule has 0 aromatic carbocycles. The van der Waals surface area contributed by atoms with Crippen LogP contribution in [0.5, 0.6) is 0 Å². The molecule has 0 spiro atoms. The number of nitrogens with zero attached hydrogens (tertiary/aromatic N) is 3. The highest BCUT2D eigenvalue weighted by atomic mass is 32.2. The number of aromatic nitrogens is 3. The fraction of sp³-hybridized carbons (Fsp3) is 0.357. The average molecular weight is 353 g/mol. The highest BCUT2D eigenvalue weighted by Gasteiger charge is 2.14. The van der Waals surface area contributed by atoms with Gasteiger partial charge >= 0.3 is 0 Å². The molecule has 0 saturated carbocycles. The summed E-state index contributed by atoms with van der Waals surface area (Å²) >= 11 is 4.79. The Labute approximate surface area is 141 Å². The quantitative estimate of drug-likeness (QED) is 0.668. The Kier molecular flexibility index (Phi) is 4.51. The normalized spacial score (nSPS) is 11.8. The van der Waals surface area contributed by atoms with Crippen molar-refractivity contribution in [3.05, 3.63) is 29.5 Å². The number of hydrogen-bond acceptors (Lipinski definition) is 8. The average Bonchev–Trinajstić information content (AvgIpc) is 3.16. The van der Waals surface area contributed by atoms with Crippen LogP contribution < -0.4 is 5.32 Å². The first-order chi connectivity index (χ1) is 10.5. The van der Waals surface area contributed by atoms with Crippen LogP contribution in [0.25, 0.3) is 10.8 Å². The standard InChI is InChI=1S/C14H16N4OS3/c1-14(2,3)16-12-17-18-13(22-12)21-8-9-7-19-11(15-9)10-5-4-6-20-10/h4-7H,8H2,1-3H3,(H,16,17). The maximum Gasteiger partial charge on any atom is 0.236 e. The second-order valence-electron chi connectivity index (χ2n) is 5.66. The van der Waals surface area contributed by atoms with Gasteiger partial charge in [-0.15, -0.1) is 21.5 Å². The maximum absolute atomic E-state index is 5.51. The van der Waals surface area contributed by atoms with Crippen molar-refractivity contribution in [3.63, 3.8) is 0 Å². The van der Waals surface area contributed by atoms with Crippen molar-refractivity contribution in [3.8, 4) is 10.8 Å². The zero-order valence-corrected chi connectivity index (χ0v) is 14.9. The topological polar surface area (TPSA) is 63.8 Å². The fourth-order valence-electron chi connectivity index (χ4n) is 1.66. The molecule has 0 unspecified atom stereocenters. The molecule has 0 amide bonds. The van der Waals surface area contributed by atoms with Crippen LogP contribution in [0.3, 0.4) is 0 Å². The van der Waals surface area contributed by atoms with E-state index in [4.69, 9.17) is 4.42 Å². The molecule has 5 nitrogen and oxygen atoms in total. The minimum Gasteiger partial charge on any atom is -0.444 e. The molecule has 1 N–H and O–H groups in total. The van der Waals surface area contributed by atoms with E-state index in [0.29, 0.717) is 5.89 Å². The first kappa shape index (κ1) is 15.5. The Balaban J connectivity index is 1.59. The molecule has 0 saturated heterocycles. The monoisotopic (exact) mass is 352 g/mol. The molecule has 3 aromatic rings. The summed E-state index contributed by atoms with van der Waals surface area (Å²) < 4.78 is 6.43. The molecule has 3 rings (SSSR count). The highest BCUT2D eigenvalue weighted by molar-refractivity contribution is 8.00. The van der Waals surface area contributed by atoms with Crippen LogP contribution in [0.15, 0.2) is 32.5 Å². The van der Waals surface area contributed by atoms with Gasteiger partial charge in [-0.25, -0.2) is 4.98 Å². The van der Waals surface area contributed by atoms with Crippen molar-refractivity contribution in [1.29, 1.82) is 0 Å². The molecule has 0 atom stereocenters. The third kappa shape index (κ3) is 4.08. The van der Waals surface area contributed by atoms with Crippen LogP contribution in [0.2, 0.25) is 0 Å². The number of oxazole rings is 1. The van der Waals surface area contributed by atoms with Crippen LogP contribution in [0.4, 0.5) is 5.13 Å². The summed E-state index contributed by atoms with van der Waals surface area (Å²) in [6.07, 6.45) is 1.71. The van der Waals surface area contributed by atoms with Crippen LogP contribution in [-0.2, 0) is 5.75 Å². The number of rotatable bonds is 5. The van der Waals surface area contributed by atoms with Crippen LogP contribution in [-0.4, -0.2) is 20.7 Å². The van der Waals surface area contributed by atoms with E-state index in [1.807, 2.05) is 17.5 Å². The fourth-order valence-corrected chi connectivity index (χ4v) is 4.15. The minimum absolute atomic E-state index is 0.0107. The van der Waals surface area contributed by atoms with E-state index in [2.05, 4.69) is 41.3 Å². The zero-order valence-electron chi connectivity index (χ0n) is 12.5. The van der Waals surface area contributed by atoms with E-state index in [9.17, 15) is 0 Å². The Hall–Kier alpha value is -1.38. The van der Waals surface area contributed by atoms with Gasteiger partial charge in [-0.05, 0) is 32.2 Å². The van der Waals surface area contributed by atoms with Crippen LogP contribution in [0, 0.1) is 0 Å². The molecule has 0 aliphatic carbocycles. The predicted molar refractivity (Wildman–Crippen MR) is 92.7 cm³/mol. The molecule has 116 valence electrons. The third-order valence-corrected chi connectivity index (χ3v) is 5.38. The van der Waals surface area contributed by atoms with E-state index in [1.54, 1.807) is 40.7 Å². The van der Waals surface area contributed by atoms with Crippen molar-refractivity contribution < 1.29 is 4.42 Å². The van der Waals surface area contributed by atoms with Crippen LogP contribution >= 0.6 is 34.4 Å². The largest absolute Gasteiger partial charge is 0.444 e. The molecule has 8 heteroatoms. The minimum atomic E-state index is -0.0107. The van der Waals surface area contributed by atoms with Crippen molar-refractivity contribution in [2.75, 3.05) is 5.32 Å². The Morgan fingerprint density at radius 1 is 1.32 bits per heavy atom. The second kappa shape index (κ2) is 6.39. The Bertz CT molecular complexity index is 727. The molecule has 0 radical (unpaired) electrons. The number of thioether (sulfide) groups is 1. The number of hydrogen-bond donors (Lipinski definition) is 1. The van der Waals surface area contributed by atoms with Crippen molar-refractivity contribution in [2.45, 2.75) is 36.4 Å². The van der Waals surface area contributed by atoms with E-state index >= 15 is 0 Å². The lowest BCUT2D eigenvalue weighted by atomic mass is 10.1. The maximum atomic E-state index is 5.51.